The lowest BCUT2D eigenvalue weighted by atomic mass is 9.96. The molecule has 1 aliphatic carbocycles. The third-order valence-corrected chi connectivity index (χ3v) is 5.26. The zero-order valence-electron chi connectivity index (χ0n) is 12.2. The maximum absolute atomic E-state index is 12.4. The third kappa shape index (κ3) is 4.31. The molecule has 0 unspecified atom stereocenters. The summed E-state index contributed by atoms with van der Waals surface area (Å²) in [5.74, 6) is 5.38. The van der Waals surface area contributed by atoms with E-state index in [9.17, 15) is 8.42 Å². The van der Waals surface area contributed by atoms with Crippen molar-refractivity contribution in [1.29, 1.82) is 0 Å². The van der Waals surface area contributed by atoms with Gasteiger partial charge in [-0.2, -0.15) is 0 Å². The molecule has 4 nitrogen and oxygen atoms in total. The second-order valence-corrected chi connectivity index (χ2v) is 7.11. The van der Waals surface area contributed by atoms with E-state index < -0.39 is 10.0 Å². The van der Waals surface area contributed by atoms with Crippen molar-refractivity contribution in [1.82, 2.24) is 4.72 Å². The monoisotopic (exact) mass is 307 g/mol. The Morgan fingerprint density at radius 1 is 1.29 bits per heavy atom. The molecule has 0 aliphatic heterocycles. The van der Waals surface area contributed by atoms with Crippen molar-refractivity contribution in [2.45, 2.75) is 50.0 Å². The van der Waals surface area contributed by atoms with Gasteiger partial charge in [-0.15, -0.1) is 0 Å². The predicted octanol–water partition coefficient (Wildman–Crippen LogP) is 1.95. The minimum absolute atomic E-state index is 0.0536. The average molecular weight is 307 g/mol. The molecule has 1 fully saturated rings. The van der Waals surface area contributed by atoms with Crippen LogP contribution < -0.4 is 4.72 Å². The van der Waals surface area contributed by atoms with E-state index in [1.807, 2.05) is 6.92 Å². The minimum Gasteiger partial charge on any atom is -0.384 e. The first kappa shape index (κ1) is 16.0. The molecule has 1 aromatic carbocycles. The van der Waals surface area contributed by atoms with Crippen LogP contribution in [0.2, 0.25) is 0 Å². The van der Waals surface area contributed by atoms with Crippen LogP contribution in [-0.2, 0) is 10.0 Å². The fourth-order valence-corrected chi connectivity index (χ4v) is 3.98. The zero-order valence-corrected chi connectivity index (χ0v) is 13.0. The fraction of sp³-hybridized carbons (Fsp3) is 0.500. The van der Waals surface area contributed by atoms with E-state index >= 15 is 0 Å². The Kier molecular flexibility index (Phi) is 5.40. The van der Waals surface area contributed by atoms with Crippen LogP contribution in [0, 0.1) is 18.8 Å². The lowest BCUT2D eigenvalue weighted by molar-refractivity contribution is 0.350. The Balaban J connectivity index is 2.18. The van der Waals surface area contributed by atoms with Crippen LogP contribution in [0.5, 0.6) is 0 Å². The molecule has 0 aromatic heterocycles. The van der Waals surface area contributed by atoms with Crippen LogP contribution in [0.15, 0.2) is 23.1 Å². The molecule has 1 saturated carbocycles. The van der Waals surface area contributed by atoms with Crippen molar-refractivity contribution in [3.8, 4) is 11.8 Å². The number of hydrogen-bond donors (Lipinski definition) is 2. The van der Waals surface area contributed by atoms with Crippen LogP contribution in [0.1, 0.15) is 43.2 Å². The number of sulfonamides is 1. The zero-order chi connectivity index (χ0) is 15.3. The molecule has 0 spiro atoms. The van der Waals surface area contributed by atoms with Gasteiger partial charge in [-0.3, -0.25) is 0 Å². The summed E-state index contributed by atoms with van der Waals surface area (Å²) in [5.41, 5.74) is 1.53. The summed E-state index contributed by atoms with van der Waals surface area (Å²) in [4.78, 5) is 0.278. The minimum atomic E-state index is -3.47. The van der Waals surface area contributed by atoms with Gasteiger partial charge in [0.2, 0.25) is 10.0 Å². The molecule has 0 bridgehead atoms. The van der Waals surface area contributed by atoms with Crippen molar-refractivity contribution in [2.75, 3.05) is 6.61 Å². The lowest BCUT2D eigenvalue weighted by Crippen LogP contribution is -2.36. The van der Waals surface area contributed by atoms with E-state index in [0.29, 0.717) is 0 Å². The van der Waals surface area contributed by atoms with Crippen LogP contribution in [0.4, 0.5) is 0 Å². The Bertz CT molecular complexity index is 650. The molecule has 1 aromatic rings. The van der Waals surface area contributed by atoms with Crippen molar-refractivity contribution in [3.63, 3.8) is 0 Å². The number of nitrogens with one attached hydrogen (secondary N) is 1. The first-order valence-corrected chi connectivity index (χ1v) is 8.74. The number of aliphatic hydroxyl groups excluding tert-OH is 1. The third-order valence-electron chi connectivity index (χ3n) is 3.74. The number of aliphatic hydroxyl groups is 1. The number of aryl methyl sites for hydroxylation is 1. The Morgan fingerprint density at radius 2 is 2.00 bits per heavy atom. The highest BCUT2D eigenvalue weighted by atomic mass is 32.2. The van der Waals surface area contributed by atoms with Crippen LogP contribution in [0.3, 0.4) is 0 Å². The van der Waals surface area contributed by atoms with Crippen LogP contribution in [-0.4, -0.2) is 26.2 Å². The summed E-state index contributed by atoms with van der Waals surface area (Å²) in [7, 11) is -3.47. The molecule has 114 valence electrons. The average Bonchev–Trinajstić information content (AvgIpc) is 2.46. The van der Waals surface area contributed by atoms with Gasteiger partial charge >= 0.3 is 0 Å². The van der Waals surface area contributed by atoms with E-state index in [-0.39, 0.29) is 17.5 Å². The van der Waals surface area contributed by atoms with Gasteiger partial charge in [0.25, 0.3) is 0 Å². The lowest BCUT2D eigenvalue weighted by Gasteiger charge is -2.22. The summed E-state index contributed by atoms with van der Waals surface area (Å²) in [6.07, 6.45) is 5.19. The highest BCUT2D eigenvalue weighted by molar-refractivity contribution is 7.89. The van der Waals surface area contributed by atoms with Crippen molar-refractivity contribution >= 4 is 10.0 Å². The van der Waals surface area contributed by atoms with Crippen molar-refractivity contribution < 1.29 is 13.5 Å². The molecular formula is C16H21NO3S. The van der Waals surface area contributed by atoms with Gasteiger partial charge in [0.15, 0.2) is 0 Å². The van der Waals surface area contributed by atoms with E-state index in [0.717, 1.165) is 36.8 Å². The molecule has 2 N–H and O–H groups in total. The van der Waals surface area contributed by atoms with E-state index in [1.165, 1.54) is 6.42 Å². The maximum atomic E-state index is 12.4. The first-order chi connectivity index (χ1) is 10.0. The molecule has 0 radical (unpaired) electrons. The first-order valence-electron chi connectivity index (χ1n) is 7.25. The van der Waals surface area contributed by atoms with Crippen molar-refractivity contribution in [3.05, 3.63) is 29.3 Å². The maximum Gasteiger partial charge on any atom is 0.240 e. The topological polar surface area (TPSA) is 66.4 Å². The molecule has 2 rings (SSSR count). The quantitative estimate of drug-likeness (QED) is 0.839. The van der Waals surface area contributed by atoms with Gasteiger partial charge in [-0.05, 0) is 43.5 Å². The van der Waals surface area contributed by atoms with Gasteiger partial charge in [-0.25, -0.2) is 13.1 Å². The molecule has 21 heavy (non-hydrogen) atoms. The second kappa shape index (κ2) is 7.08. The number of benzene rings is 1. The highest BCUT2D eigenvalue weighted by Gasteiger charge is 2.22. The summed E-state index contributed by atoms with van der Waals surface area (Å²) in [6.45, 7) is 1.61. The number of rotatable bonds is 3. The van der Waals surface area contributed by atoms with Gasteiger partial charge in [0, 0.05) is 11.6 Å². The van der Waals surface area contributed by atoms with Crippen molar-refractivity contribution in [2.24, 2.45) is 0 Å². The summed E-state index contributed by atoms with van der Waals surface area (Å²) < 4.78 is 27.6. The smallest absolute Gasteiger partial charge is 0.240 e. The molecule has 0 saturated heterocycles. The Hall–Kier alpha value is -1.35. The summed E-state index contributed by atoms with van der Waals surface area (Å²) >= 11 is 0. The number of hydrogen-bond acceptors (Lipinski definition) is 3. The van der Waals surface area contributed by atoms with Gasteiger partial charge in [0.1, 0.15) is 6.61 Å². The molecule has 0 amide bonds. The predicted molar refractivity (Wildman–Crippen MR) is 82.3 cm³/mol. The molecule has 0 heterocycles. The largest absolute Gasteiger partial charge is 0.384 e. The Morgan fingerprint density at radius 3 is 2.62 bits per heavy atom. The highest BCUT2D eigenvalue weighted by Crippen LogP contribution is 2.21. The fourth-order valence-electron chi connectivity index (χ4n) is 2.59. The van der Waals surface area contributed by atoms with Gasteiger partial charge in [0.05, 0.1) is 4.90 Å². The van der Waals surface area contributed by atoms with E-state index in [1.54, 1.807) is 18.2 Å². The Labute approximate surface area is 126 Å². The molecule has 1 aliphatic rings. The second-order valence-electron chi connectivity index (χ2n) is 5.39. The molecule has 0 atom stereocenters. The molecule has 5 heteroatoms. The van der Waals surface area contributed by atoms with E-state index in [2.05, 4.69) is 16.6 Å². The van der Waals surface area contributed by atoms with Crippen LogP contribution >= 0.6 is 0 Å². The standard InChI is InChI=1S/C16H21NO3S/c1-13-12-16(10-9-14(13)6-5-11-18)21(19,20)17-15-7-3-2-4-8-15/h9-10,12,15,17-18H,2-4,7-8,11H2,1H3. The van der Waals surface area contributed by atoms with Gasteiger partial charge in [-0.1, -0.05) is 31.1 Å². The molecular weight excluding hydrogens is 286 g/mol. The van der Waals surface area contributed by atoms with Gasteiger partial charge < -0.3 is 5.11 Å². The summed E-state index contributed by atoms with van der Waals surface area (Å²) in [6, 6.07) is 4.94. The normalized spacial score (nSPS) is 16.3. The SMILES string of the molecule is Cc1cc(S(=O)(=O)NC2CCCCC2)ccc1C#CCO. The van der Waals surface area contributed by atoms with Crippen LogP contribution in [0.25, 0.3) is 0 Å². The summed E-state index contributed by atoms with van der Waals surface area (Å²) in [5, 5.41) is 8.71. The van der Waals surface area contributed by atoms with E-state index in [4.69, 9.17) is 5.11 Å².